The second-order valence-corrected chi connectivity index (χ2v) is 4.54. The third-order valence-corrected chi connectivity index (χ3v) is 3.22. The first-order valence-electron chi connectivity index (χ1n) is 5.78. The van der Waals surface area contributed by atoms with Crippen molar-refractivity contribution < 1.29 is 13.2 Å². The summed E-state index contributed by atoms with van der Waals surface area (Å²) in [7, 11) is 0. The molecule has 0 bridgehead atoms. The molecule has 0 amide bonds. The van der Waals surface area contributed by atoms with E-state index in [4.69, 9.17) is 5.73 Å². The van der Waals surface area contributed by atoms with Gasteiger partial charge in [-0.15, -0.1) is 0 Å². The minimum absolute atomic E-state index is 0.104. The molecule has 1 aliphatic heterocycles. The molecule has 4 nitrogen and oxygen atoms in total. The van der Waals surface area contributed by atoms with E-state index in [9.17, 15) is 13.2 Å². The summed E-state index contributed by atoms with van der Waals surface area (Å²) in [5.74, 6) is -0.412. The van der Waals surface area contributed by atoms with Crippen LogP contribution in [0.5, 0.6) is 0 Å². The van der Waals surface area contributed by atoms with E-state index >= 15 is 0 Å². The van der Waals surface area contributed by atoms with Gasteiger partial charge in [-0.2, -0.15) is 18.2 Å². The highest BCUT2D eigenvalue weighted by molar-refractivity contribution is 5.48. The zero-order valence-corrected chi connectivity index (χ0v) is 10.0. The first-order chi connectivity index (χ1) is 8.38. The Kier molecular flexibility index (Phi) is 3.32. The third kappa shape index (κ3) is 2.65. The minimum atomic E-state index is -4.09. The van der Waals surface area contributed by atoms with Gasteiger partial charge in [-0.05, 0) is 19.8 Å². The van der Waals surface area contributed by atoms with Crippen molar-refractivity contribution in [1.29, 1.82) is 0 Å². The van der Waals surface area contributed by atoms with Crippen LogP contribution in [0.3, 0.4) is 0 Å². The SMILES string of the molecule is Cc1cnc(N)nc1N1CCC(C(F)(F)F)CC1. The fourth-order valence-electron chi connectivity index (χ4n) is 2.18. The third-order valence-electron chi connectivity index (χ3n) is 3.22. The van der Waals surface area contributed by atoms with Gasteiger partial charge in [0, 0.05) is 24.8 Å². The van der Waals surface area contributed by atoms with Crippen LogP contribution in [0.2, 0.25) is 0 Å². The Balaban J connectivity index is 2.08. The minimum Gasteiger partial charge on any atom is -0.368 e. The summed E-state index contributed by atoms with van der Waals surface area (Å²) in [5.41, 5.74) is 6.33. The molecule has 100 valence electrons. The Labute approximate surface area is 103 Å². The van der Waals surface area contributed by atoms with Gasteiger partial charge in [0.25, 0.3) is 0 Å². The molecule has 1 aromatic heterocycles. The summed E-state index contributed by atoms with van der Waals surface area (Å²) >= 11 is 0. The van der Waals surface area contributed by atoms with Gasteiger partial charge in [0.1, 0.15) is 5.82 Å². The summed E-state index contributed by atoms with van der Waals surface area (Å²) in [4.78, 5) is 9.79. The van der Waals surface area contributed by atoms with E-state index in [0.717, 1.165) is 5.56 Å². The van der Waals surface area contributed by atoms with Crippen LogP contribution in [0, 0.1) is 12.8 Å². The van der Waals surface area contributed by atoms with Crippen LogP contribution in [0.15, 0.2) is 6.20 Å². The van der Waals surface area contributed by atoms with Crippen molar-refractivity contribution in [2.45, 2.75) is 25.9 Å². The van der Waals surface area contributed by atoms with E-state index < -0.39 is 12.1 Å². The summed E-state index contributed by atoms with van der Waals surface area (Å²) in [6.07, 6.45) is -2.29. The maximum atomic E-state index is 12.6. The Morgan fingerprint density at radius 1 is 1.33 bits per heavy atom. The van der Waals surface area contributed by atoms with Gasteiger partial charge in [0.05, 0.1) is 5.92 Å². The number of nitrogen functional groups attached to an aromatic ring is 1. The zero-order chi connectivity index (χ0) is 13.3. The van der Waals surface area contributed by atoms with Gasteiger partial charge < -0.3 is 10.6 Å². The van der Waals surface area contributed by atoms with Crippen molar-refractivity contribution >= 4 is 11.8 Å². The molecule has 0 aromatic carbocycles. The number of nitrogens with zero attached hydrogens (tertiary/aromatic N) is 3. The second-order valence-electron chi connectivity index (χ2n) is 4.54. The van der Waals surface area contributed by atoms with Crippen LogP contribution < -0.4 is 10.6 Å². The van der Waals surface area contributed by atoms with Crippen LogP contribution in [-0.4, -0.2) is 29.2 Å². The van der Waals surface area contributed by atoms with Crippen LogP contribution in [0.4, 0.5) is 24.9 Å². The Morgan fingerprint density at radius 3 is 2.50 bits per heavy atom. The number of aryl methyl sites for hydroxylation is 1. The molecule has 2 N–H and O–H groups in total. The van der Waals surface area contributed by atoms with Crippen LogP contribution in [0.25, 0.3) is 0 Å². The monoisotopic (exact) mass is 260 g/mol. The van der Waals surface area contributed by atoms with E-state index in [-0.39, 0.29) is 18.8 Å². The normalized spacial score (nSPS) is 18.1. The molecule has 1 saturated heterocycles. The fraction of sp³-hybridized carbons (Fsp3) is 0.636. The molecule has 7 heteroatoms. The first-order valence-corrected chi connectivity index (χ1v) is 5.78. The van der Waals surface area contributed by atoms with E-state index in [1.807, 2.05) is 11.8 Å². The number of nitrogens with two attached hydrogens (primary N) is 1. The molecular formula is C11H15F3N4. The molecule has 18 heavy (non-hydrogen) atoms. The molecule has 0 atom stereocenters. The molecule has 0 spiro atoms. The molecule has 0 aliphatic carbocycles. The summed E-state index contributed by atoms with van der Waals surface area (Å²) in [6, 6.07) is 0. The summed E-state index contributed by atoms with van der Waals surface area (Å²) in [5, 5.41) is 0. The lowest BCUT2D eigenvalue weighted by Gasteiger charge is -2.34. The fourth-order valence-corrected chi connectivity index (χ4v) is 2.18. The molecule has 1 aromatic rings. The highest BCUT2D eigenvalue weighted by Gasteiger charge is 2.41. The maximum Gasteiger partial charge on any atom is 0.391 e. The van der Waals surface area contributed by atoms with E-state index in [0.29, 0.717) is 18.9 Å². The van der Waals surface area contributed by atoms with Crippen molar-refractivity contribution in [2.75, 3.05) is 23.7 Å². The molecule has 2 rings (SSSR count). The average Bonchev–Trinajstić information content (AvgIpc) is 2.31. The smallest absolute Gasteiger partial charge is 0.368 e. The van der Waals surface area contributed by atoms with Gasteiger partial charge in [-0.25, -0.2) is 4.98 Å². The zero-order valence-electron chi connectivity index (χ0n) is 10.0. The first kappa shape index (κ1) is 12.9. The Hall–Kier alpha value is -1.53. The van der Waals surface area contributed by atoms with E-state index in [2.05, 4.69) is 9.97 Å². The van der Waals surface area contributed by atoms with Crippen molar-refractivity contribution in [2.24, 2.45) is 5.92 Å². The van der Waals surface area contributed by atoms with Crippen molar-refractivity contribution in [3.8, 4) is 0 Å². The lowest BCUT2D eigenvalue weighted by atomic mass is 9.96. The number of anilines is 2. The number of rotatable bonds is 1. The number of aromatic nitrogens is 2. The summed E-state index contributed by atoms with van der Waals surface area (Å²) in [6.45, 7) is 2.52. The van der Waals surface area contributed by atoms with Gasteiger partial charge in [-0.3, -0.25) is 0 Å². The van der Waals surface area contributed by atoms with E-state index in [1.165, 1.54) is 0 Å². The molecule has 1 aliphatic rings. The topological polar surface area (TPSA) is 55.0 Å². The largest absolute Gasteiger partial charge is 0.391 e. The molecule has 0 saturated carbocycles. The number of halogens is 3. The van der Waals surface area contributed by atoms with Gasteiger partial charge >= 0.3 is 6.18 Å². The number of hydrogen-bond donors (Lipinski definition) is 1. The summed E-state index contributed by atoms with van der Waals surface area (Å²) < 4.78 is 37.7. The molecule has 0 unspecified atom stereocenters. The molecule has 1 fully saturated rings. The predicted molar refractivity (Wildman–Crippen MR) is 62.2 cm³/mol. The van der Waals surface area contributed by atoms with E-state index in [1.54, 1.807) is 6.20 Å². The van der Waals surface area contributed by atoms with Crippen molar-refractivity contribution in [3.05, 3.63) is 11.8 Å². The van der Waals surface area contributed by atoms with Crippen LogP contribution in [0.1, 0.15) is 18.4 Å². The van der Waals surface area contributed by atoms with Crippen LogP contribution >= 0.6 is 0 Å². The van der Waals surface area contributed by atoms with Gasteiger partial charge in [-0.1, -0.05) is 0 Å². The second kappa shape index (κ2) is 4.62. The number of hydrogen-bond acceptors (Lipinski definition) is 4. The van der Waals surface area contributed by atoms with Crippen molar-refractivity contribution in [1.82, 2.24) is 9.97 Å². The quantitative estimate of drug-likeness (QED) is 0.840. The number of alkyl halides is 3. The lowest BCUT2D eigenvalue weighted by molar-refractivity contribution is -0.179. The molecular weight excluding hydrogens is 245 g/mol. The van der Waals surface area contributed by atoms with Crippen LogP contribution in [-0.2, 0) is 0 Å². The maximum absolute atomic E-state index is 12.6. The molecule has 2 heterocycles. The molecule has 0 radical (unpaired) electrons. The Bertz CT molecular complexity index is 425. The highest BCUT2D eigenvalue weighted by atomic mass is 19.4. The number of piperidine rings is 1. The standard InChI is InChI=1S/C11H15F3N4/c1-7-6-16-10(15)17-9(7)18-4-2-8(3-5-18)11(12,13)14/h6,8H,2-5H2,1H3,(H2,15,16,17). The van der Waals surface area contributed by atoms with Gasteiger partial charge in [0.15, 0.2) is 0 Å². The van der Waals surface area contributed by atoms with Gasteiger partial charge in [0.2, 0.25) is 5.95 Å². The average molecular weight is 260 g/mol. The lowest BCUT2D eigenvalue weighted by Crippen LogP contribution is -2.39. The predicted octanol–water partition coefficient (Wildman–Crippen LogP) is 2.15. The Morgan fingerprint density at radius 2 is 1.94 bits per heavy atom. The van der Waals surface area contributed by atoms with Crippen molar-refractivity contribution in [3.63, 3.8) is 0 Å². The highest BCUT2D eigenvalue weighted by Crippen LogP contribution is 2.35.